The molecular weight excluding hydrogens is 470 g/mol. The quantitative estimate of drug-likeness (QED) is 0.215. The molecule has 0 radical (unpaired) electrons. The van der Waals surface area contributed by atoms with Crippen LogP contribution in [0.4, 0.5) is 5.95 Å². The van der Waals surface area contributed by atoms with Crippen molar-refractivity contribution >= 4 is 34.4 Å². The molecule has 1 atom stereocenters. The molecule has 1 saturated heterocycles. The standard InChI is InChI=1S/C29H27N3O5/c1-5-37-23-15-18(12-13-22(23)36-4)25-24(26(33)19-11-10-16(2)17(3)14-19)27(34)28(35)32(25)29-30-20-8-6-7-9-21(20)31-29/h6-15,25,33H,5H2,1-4H3,(H,30,31)/b26-24+. The molecule has 0 bridgehead atoms. The van der Waals surface area contributed by atoms with Gasteiger partial charge in [0.1, 0.15) is 5.76 Å². The van der Waals surface area contributed by atoms with Gasteiger partial charge in [-0.2, -0.15) is 0 Å². The number of aromatic amines is 1. The lowest BCUT2D eigenvalue weighted by atomic mass is 9.94. The number of aryl methyl sites for hydroxylation is 2. The predicted molar refractivity (Wildman–Crippen MR) is 141 cm³/mol. The molecular formula is C29H27N3O5. The Labute approximate surface area is 214 Å². The number of nitrogens with one attached hydrogen (secondary N) is 1. The Kier molecular flexibility index (Phi) is 6.17. The second-order valence-electron chi connectivity index (χ2n) is 8.89. The number of methoxy groups -OCH3 is 1. The third-order valence-electron chi connectivity index (χ3n) is 6.63. The molecule has 4 aromatic rings. The van der Waals surface area contributed by atoms with Gasteiger partial charge in [-0.3, -0.25) is 14.5 Å². The highest BCUT2D eigenvalue weighted by molar-refractivity contribution is 6.51. The van der Waals surface area contributed by atoms with Gasteiger partial charge in [-0.1, -0.05) is 30.3 Å². The lowest BCUT2D eigenvalue weighted by Crippen LogP contribution is -2.30. The molecule has 8 nitrogen and oxygen atoms in total. The Balaban J connectivity index is 1.75. The average molecular weight is 498 g/mol. The van der Waals surface area contributed by atoms with Gasteiger partial charge in [0.05, 0.1) is 36.4 Å². The smallest absolute Gasteiger partial charge is 0.302 e. The lowest BCUT2D eigenvalue weighted by molar-refractivity contribution is -0.132. The van der Waals surface area contributed by atoms with Gasteiger partial charge in [-0.15, -0.1) is 0 Å². The molecule has 1 aliphatic rings. The molecule has 2 heterocycles. The van der Waals surface area contributed by atoms with Crippen LogP contribution in [0.5, 0.6) is 11.5 Å². The number of rotatable bonds is 6. The SMILES string of the molecule is CCOc1cc(C2/C(=C(\O)c3ccc(C)c(C)c3)C(=O)C(=O)N2c2nc3ccccc3[nH]2)ccc1OC. The van der Waals surface area contributed by atoms with Crippen LogP contribution < -0.4 is 14.4 Å². The van der Waals surface area contributed by atoms with E-state index >= 15 is 0 Å². The van der Waals surface area contributed by atoms with Crippen molar-refractivity contribution in [2.45, 2.75) is 26.8 Å². The minimum Gasteiger partial charge on any atom is -0.507 e. The van der Waals surface area contributed by atoms with Crippen LogP contribution in [0.15, 0.2) is 66.2 Å². The molecule has 1 amide bonds. The Morgan fingerprint density at radius 1 is 1.03 bits per heavy atom. The molecule has 1 aliphatic heterocycles. The zero-order valence-corrected chi connectivity index (χ0v) is 21.0. The summed E-state index contributed by atoms with van der Waals surface area (Å²) in [5.41, 5.74) is 4.36. The number of fused-ring (bicyclic) bond motifs is 1. The van der Waals surface area contributed by atoms with E-state index in [1.165, 1.54) is 12.0 Å². The Morgan fingerprint density at radius 3 is 2.51 bits per heavy atom. The van der Waals surface area contributed by atoms with Crippen molar-refractivity contribution in [3.63, 3.8) is 0 Å². The number of carbonyl (C=O) groups excluding carboxylic acids is 2. The molecule has 5 rings (SSSR count). The number of imidazole rings is 1. The first-order valence-corrected chi connectivity index (χ1v) is 12.0. The van der Waals surface area contributed by atoms with Crippen LogP contribution in [0.2, 0.25) is 0 Å². The van der Waals surface area contributed by atoms with Crippen LogP contribution in [0.1, 0.15) is 35.2 Å². The van der Waals surface area contributed by atoms with E-state index in [4.69, 9.17) is 9.47 Å². The zero-order valence-electron chi connectivity index (χ0n) is 21.0. The van der Waals surface area contributed by atoms with Gasteiger partial charge in [0.2, 0.25) is 5.95 Å². The van der Waals surface area contributed by atoms with Gasteiger partial charge in [0.25, 0.3) is 5.78 Å². The van der Waals surface area contributed by atoms with E-state index in [0.717, 1.165) is 16.6 Å². The normalized spacial score (nSPS) is 17.0. The number of hydrogen-bond acceptors (Lipinski definition) is 6. The summed E-state index contributed by atoms with van der Waals surface area (Å²) in [6.07, 6.45) is 0. The third kappa shape index (κ3) is 4.10. The number of amides is 1. The highest BCUT2D eigenvalue weighted by atomic mass is 16.5. The summed E-state index contributed by atoms with van der Waals surface area (Å²) < 4.78 is 11.2. The molecule has 1 unspecified atom stereocenters. The molecule has 0 saturated carbocycles. The fourth-order valence-corrected chi connectivity index (χ4v) is 4.60. The summed E-state index contributed by atoms with van der Waals surface area (Å²) in [5, 5.41) is 11.4. The topological polar surface area (TPSA) is 105 Å². The summed E-state index contributed by atoms with van der Waals surface area (Å²) in [5.74, 6) is -0.650. The molecule has 37 heavy (non-hydrogen) atoms. The maximum atomic E-state index is 13.5. The molecule has 0 aliphatic carbocycles. The summed E-state index contributed by atoms with van der Waals surface area (Å²) in [7, 11) is 1.54. The molecule has 8 heteroatoms. The van der Waals surface area contributed by atoms with Gasteiger partial charge in [-0.05, 0) is 67.8 Å². The summed E-state index contributed by atoms with van der Waals surface area (Å²) in [6, 6.07) is 17.0. The maximum Gasteiger partial charge on any atom is 0.302 e. The molecule has 3 aromatic carbocycles. The number of benzene rings is 3. The minimum absolute atomic E-state index is 0.0266. The first-order chi connectivity index (χ1) is 17.8. The van der Waals surface area contributed by atoms with Crippen molar-refractivity contribution < 1.29 is 24.2 Å². The molecule has 1 aromatic heterocycles. The van der Waals surface area contributed by atoms with Crippen LogP contribution >= 0.6 is 0 Å². The van der Waals surface area contributed by atoms with E-state index < -0.39 is 17.7 Å². The molecule has 188 valence electrons. The first kappa shape index (κ1) is 24.1. The van der Waals surface area contributed by atoms with Crippen molar-refractivity contribution in [1.29, 1.82) is 0 Å². The maximum absolute atomic E-state index is 13.5. The minimum atomic E-state index is -0.952. The highest BCUT2D eigenvalue weighted by Gasteiger charge is 2.48. The Bertz CT molecular complexity index is 1540. The lowest BCUT2D eigenvalue weighted by Gasteiger charge is -2.24. The number of anilines is 1. The Hall–Kier alpha value is -4.59. The highest BCUT2D eigenvalue weighted by Crippen LogP contribution is 2.44. The largest absolute Gasteiger partial charge is 0.507 e. The third-order valence-corrected chi connectivity index (χ3v) is 6.63. The molecule has 0 spiro atoms. The van der Waals surface area contributed by atoms with Gasteiger partial charge in [-0.25, -0.2) is 4.98 Å². The van der Waals surface area contributed by atoms with Crippen molar-refractivity contribution in [3.05, 3.63) is 88.5 Å². The van der Waals surface area contributed by atoms with Crippen LogP contribution in [0, 0.1) is 13.8 Å². The van der Waals surface area contributed by atoms with Gasteiger partial charge in [0.15, 0.2) is 11.5 Å². The van der Waals surface area contributed by atoms with Crippen LogP contribution in [0.25, 0.3) is 16.8 Å². The van der Waals surface area contributed by atoms with E-state index in [0.29, 0.717) is 34.7 Å². The number of Topliss-reactive ketones (excluding diaryl/α,β-unsaturated/α-hetero) is 1. The van der Waals surface area contributed by atoms with E-state index in [9.17, 15) is 14.7 Å². The fraction of sp³-hybridized carbons (Fsp3) is 0.207. The summed E-state index contributed by atoms with van der Waals surface area (Å²) >= 11 is 0. The van der Waals surface area contributed by atoms with Crippen molar-refractivity contribution in [1.82, 2.24) is 9.97 Å². The number of nitrogens with zero attached hydrogens (tertiary/aromatic N) is 2. The van der Waals surface area contributed by atoms with E-state index in [1.807, 2.05) is 51.1 Å². The van der Waals surface area contributed by atoms with Gasteiger partial charge in [0, 0.05) is 5.56 Å². The van der Waals surface area contributed by atoms with Crippen molar-refractivity contribution in [2.24, 2.45) is 0 Å². The average Bonchev–Trinajstić information content (AvgIpc) is 3.43. The monoisotopic (exact) mass is 497 g/mol. The van der Waals surface area contributed by atoms with Gasteiger partial charge < -0.3 is 19.6 Å². The second kappa shape index (κ2) is 9.46. The number of ketones is 1. The summed E-state index contributed by atoms with van der Waals surface area (Å²) in [4.78, 5) is 36.0. The van der Waals surface area contributed by atoms with Gasteiger partial charge >= 0.3 is 5.91 Å². The predicted octanol–water partition coefficient (Wildman–Crippen LogP) is 5.21. The number of aliphatic hydroxyl groups is 1. The number of ether oxygens (including phenoxy) is 2. The second-order valence-corrected chi connectivity index (χ2v) is 8.89. The van der Waals surface area contributed by atoms with E-state index in [1.54, 1.807) is 30.3 Å². The van der Waals surface area contributed by atoms with Crippen LogP contribution in [0.3, 0.4) is 0 Å². The number of aromatic nitrogens is 2. The fourth-order valence-electron chi connectivity index (χ4n) is 4.60. The zero-order chi connectivity index (χ0) is 26.3. The van der Waals surface area contributed by atoms with E-state index in [2.05, 4.69) is 9.97 Å². The van der Waals surface area contributed by atoms with Crippen LogP contribution in [-0.2, 0) is 9.59 Å². The van der Waals surface area contributed by atoms with Crippen molar-refractivity contribution in [2.75, 3.05) is 18.6 Å². The summed E-state index contributed by atoms with van der Waals surface area (Å²) in [6.45, 7) is 6.14. The molecule has 2 N–H and O–H groups in total. The van der Waals surface area contributed by atoms with Crippen LogP contribution in [-0.4, -0.2) is 40.5 Å². The van der Waals surface area contributed by atoms with Crippen molar-refractivity contribution in [3.8, 4) is 11.5 Å². The number of carbonyl (C=O) groups is 2. The van der Waals surface area contributed by atoms with E-state index in [-0.39, 0.29) is 17.3 Å². The number of para-hydroxylation sites is 2. The number of aliphatic hydroxyl groups excluding tert-OH is 1. The Morgan fingerprint density at radius 2 is 1.81 bits per heavy atom. The molecule has 1 fully saturated rings. The number of hydrogen-bond donors (Lipinski definition) is 2. The first-order valence-electron chi connectivity index (χ1n) is 12.0. The number of H-pyrrole nitrogens is 1.